The number of carbonyl (C=O) groups excluding carboxylic acids is 3. The van der Waals surface area contributed by atoms with Crippen LogP contribution in [-0.4, -0.2) is 51.3 Å². The van der Waals surface area contributed by atoms with Gasteiger partial charge in [-0.25, -0.2) is 9.78 Å². The number of aromatic nitrogens is 2. The van der Waals surface area contributed by atoms with Gasteiger partial charge < -0.3 is 4.90 Å². The van der Waals surface area contributed by atoms with Crippen LogP contribution in [0.5, 0.6) is 0 Å². The van der Waals surface area contributed by atoms with Crippen molar-refractivity contribution < 1.29 is 14.4 Å². The summed E-state index contributed by atoms with van der Waals surface area (Å²) in [5.74, 6) is -0.693. The molecular weight excluding hydrogens is 398 g/mol. The van der Waals surface area contributed by atoms with Gasteiger partial charge in [0.2, 0.25) is 11.8 Å². The van der Waals surface area contributed by atoms with Gasteiger partial charge in [-0.1, -0.05) is 25.8 Å². The molecule has 9 nitrogen and oxygen atoms in total. The van der Waals surface area contributed by atoms with Crippen molar-refractivity contribution in [1.29, 1.82) is 0 Å². The predicted molar refractivity (Wildman–Crippen MR) is 115 cm³/mol. The quantitative estimate of drug-likeness (QED) is 0.578. The number of imide groups is 2. The van der Waals surface area contributed by atoms with Crippen LogP contribution >= 0.6 is 0 Å². The number of urea groups is 1. The summed E-state index contributed by atoms with van der Waals surface area (Å²) in [5.41, 5.74) is -1.05. The van der Waals surface area contributed by atoms with Crippen LogP contribution < -0.4 is 15.8 Å². The van der Waals surface area contributed by atoms with Gasteiger partial charge in [-0.3, -0.25) is 29.0 Å². The van der Waals surface area contributed by atoms with E-state index >= 15 is 0 Å². The minimum atomic E-state index is -1.56. The van der Waals surface area contributed by atoms with Crippen molar-refractivity contribution in [1.82, 2.24) is 19.6 Å². The number of unbranched alkanes of at least 4 members (excludes halogenated alkanes) is 2. The summed E-state index contributed by atoms with van der Waals surface area (Å²) in [7, 11) is 0. The number of nitrogens with one attached hydrogen (secondary N) is 1. The summed E-state index contributed by atoms with van der Waals surface area (Å²) in [6.07, 6.45) is 4.00. The summed E-state index contributed by atoms with van der Waals surface area (Å²) in [6, 6.07) is 4.02. The predicted octanol–water partition coefficient (Wildman–Crippen LogP) is 1.72. The van der Waals surface area contributed by atoms with E-state index in [4.69, 9.17) is 0 Å². The van der Waals surface area contributed by atoms with Crippen LogP contribution in [-0.2, 0) is 16.0 Å². The number of anilines is 1. The molecule has 4 amide bonds. The molecule has 31 heavy (non-hydrogen) atoms. The lowest BCUT2D eigenvalue weighted by Crippen LogP contribution is -2.72. The number of amides is 4. The van der Waals surface area contributed by atoms with Gasteiger partial charge in [0.15, 0.2) is 5.41 Å². The molecule has 2 aromatic rings. The van der Waals surface area contributed by atoms with Gasteiger partial charge in [0.1, 0.15) is 11.5 Å². The first-order chi connectivity index (χ1) is 14.9. The molecule has 2 aliphatic heterocycles. The third-order valence-corrected chi connectivity index (χ3v) is 6.54. The van der Waals surface area contributed by atoms with Gasteiger partial charge in [-0.2, -0.15) is 0 Å². The Balaban J connectivity index is 1.86. The molecule has 0 bridgehead atoms. The van der Waals surface area contributed by atoms with Crippen molar-refractivity contribution in [2.24, 2.45) is 5.41 Å². The van der Waals surface area contributed by atoms with E-state index in [9.17, 15) is 19.2 Å². The van der Waals surface area contributed by atoms with E-state index in [-0.39, 0.29) is 18.5 Å². The molecule has 4 heterocycles. The molecule has 2 unspecified atom stereocenters. The molecular formula is C22H27N5O4. The molecule has 4 rings (SSSR count). The Bertz CT molecular complexity index is 1130. The highest BCUT2D eigenvalue weighted by Gasteiger charge is 2.61. The molecule has 164 valence electrons. The summed E-state index contributed by atoms with van der Waals surface area (Å²) < 4.78 is 1.42. The fraction of sp³-hybridized carbons (Fsp3) is 0.500. The van der Waals surface area contributed by atoms with Crippen LogP contribution in [0.25, 0.3) is 5.65 Å². The first-order valence-corrected chi connectivity index (χ1v) is 10.8. The largest absolute Gasteiger partial charge is 0.352 e. The fourth-order valence-electron chi connectivity index (χ4n) is 4.76. The van der Waals surface area contributed by atoms with Gasteiger partial charge >= 0.3 is 6.03 Å². The highest BCUT2D eigenvalue weighted by molar-refractivity contribution is 6.20. The van der Waals surface area contributed by atoms with Crippen molar-refractivity contribution in [3.8, 4) is 0 Å². The molecule has 1 saturated heterocycles. The van der Waals surface area contributed by atoms with Crippen LogP contribution in [0.1, 0.15) is 45.6 Å². The lowest BCUT2D eigenvalue weighted by molar-refractivity contribution is -0.153. The zero-order valence-corrected chi connectivity index (χ0v) is 18.1. The maximum Gasteiger partial charge on any atom is 0.330 e. The van der Waals surface area contributed by atoms with E-state index in [2.05, 4.69) is 10.3 Å². The Morgan fingerprint density at radius 2 is 1.94 bits per heavy atom. The van der Waals surface area contributed by atoms with Crippen LogP contribution in [0, 0.1) is 5.41 Å². The number of rotatable bonds is 5. The number of pyridine rings is 1. The number of barbiturate groups is 1. The highest BCUT2D eigenvalue weighted by atomic mass is 16.2. The maximum atomic E-state index is 13.7. The molecule has 2 aromatic heterocycles. The second-order valence-electron chi connectivity index (χ2n) is 8.18. The average molecular weight is 425 g/mol. The third kappa shape index (κ3) is 3.02. The molecule has 2 aliphatic rings. The Morgan fingerprint density at radius 1 is 1.16 bits per heavy atom. The standard InChI is InChI=1S/C22H27N5O4/c1-4-6-8-12-27-20(30)22(19(29)24-21(27)31)13-15-17(25(5-2)14(22)3)23-16-10-7-9-11-26(16)18(15)28/h7,9-11,14H,4-6,8,12-13H2,1-3H3,(H,24,29,31). The lowest BCUT2D eigenvalue weighted by Gasteiger charge is -2.49. The Kier molecular flexibility index (Phi) is 5.28. The number of carbonyl (C=O) groups is 3. The number of fused-ring (bicyclic) bond motifs is 2. The van der Waals surface area contributed by atoms with Crippen LogP contribution in [0.2, 0.25) is 0 Å². The van der Waals surface area contributed by atoms with E-state index in [1.807, 2.05) is 18.7 Å². The summed E-state index contributed by atoms with van der Waals surface area (Å²) in [5, 5.41) is 2.38. The van der Waals surface area contributed by atoms with E-state index < -0.39 is 29.3 Å². The lowest BCUT2D eigenvalue weighted by atomic mass is 9.69. The number of nitrogens with zero attached hydrogens (tertiary/aromatic N) is 4. The van der Waals surface area contributed by atoms with Gasteiger partial charge in [0.25, 0.3) is 5.56 Å². The number of hydrogen-bond acceptors (Lipinski definition) is 6. The van der Waals surface area contributed by atoms with E-state index in [1.54, 1.807) is 31.3 Å². The van der Waals surface area contributed by atoms with E-state index in [1.165, 1.54) is 4.40 Å². The van der Waals surface area contributed by atoms with E-state index in [0.717, 1.165) is 17.7 Å². The number of hydrogen-bond donors (Lipinski definition) is 1. The molecule has 0 aliphatic carbocycles. The molecule has 2 atom stereocenters. The SMILES string of the molecule is CCCCCN1C(=O)NC(=O)C2(Cc3c(nc4ccccn4c3=O)N(CC)C2C)C1=O. The average Bonchev–Trinajstić information content (AvgIpc) is 2.75. The minimum absolute atomic E-state index is 0.0914. The van der Waals surface area contributed by atoms with Crippen molar-refractivity contribution in [3.05, 3.63) is 40.3 Å². The molecule has 0 aromatic carbocycles. The van der Waals surface area contributed by atoms with Gasteiger partial charge in [-0.05, 0) is 32.4 Å². The Hall–Kier alpha value is -3.23. The normalized spacial score (nSPS) is 23.5. The first kappa shape index (κ1) is 21.0. The second-order valence-corrected chi connectivity index (χ2v) is 8.18. The van der Waals surface area contributed by atoms with Gasteiger partial charge in [-0.15, -0.1) is 0 Å². The van der Waals surface area contributed by atoms with Crippen LogP contribution in [0.4, 0.5) is 10.6 Å². The molecule has 1 fully saturated rings. The third-order valence-electron chi connectivity index (χ3n) is 6.54. The van der Waals surface area contributed by atoms with Crippen molar-refractivity contribution in [2.45, 2.75) is 52.5 Å². The van der Waals surface area contributed by atoms with Crippen LogP contribution in [0.15, 0.2) is 29.2 Å². The molecule has 9 heteroatoms. The Labute approximate surface area is 180 Å². The Morgan fingerprint density at radius 3 is 2.65 bits per heavy atom. The zero-order chi connectivity index (χ0) is 22.3. The maximum absolute atomic E-state index is 13.7. The second kappa shape index (κ2) is 7.79. The summed E-state index contributed by atoms with van der Waals surface area (Å²) in [6.45, 7) is 6.42. The zero-order valence-electron chi connectivity index (χ0n) is 18.1. The summed E-state index contributed by atoms with van der Waals surface area (Å²) in [4.78, 5) is 60.3. The van der Waals surface area contributed by atoms with Crippen molar-refractivity contribution >= 4 is 29.3 Å². The molecule has 1 N–H and O–H groups in total. The minimum Gasteiger partial charge on any atom is -0.352 e. The smallest absolute Gasteiger partial charge is 0.330 e. The topological polar surface area (TPSA) is 104 Å². The van der Waals surface area contributed by atoms with Gasteiger partial charge in [0.05, 0.1) is 11.6 Å². The van der Waals surface area contributed by atoms with E-state index in [0.29, 0.717) is 30.0 Å². The molecule has 0 radical (unpaired) electrons. The monoisotopic (exact) mass is 425 g/mol. The fourth-order valence-corrected chi connectivity index (χ4v) is 4.76. The van der Waals surface area contributed by atoms with Crippen molar-refractivity contribution in [3.63, 3.8) is 0 Å². The summed E-state index contributed by atoms with van der Waals surface area (Å²) >= 11 is 0. The highest BCUT2D eigenvalue weighted by Crippen LogP contribution is 2.42. The molecule has 1 spiro atoms. The first-order valence-electron chi connectivity index (χ1n) is 10.8. The van der Waals surface area contributed by atoms with Crippen LogP contribution in [0.3, 0.4) is 0 Å². The van der Waals surface area contributed by atoms with Gasteiger partial charge in [0, 0.05) is 25.7 Å². The molecule has 0 saturated carbocycles. The van der Waals surface area contributed by atoms with Crippen molar-refractivity contribution in [2.75, 3.05) is 18.0 Å².